The summed E-state index contributed by atoms with van der Waals surface area (Å²) in [7, 11) is 1.42. The molecule has 0 saturated carbocycles. The number of aromatic nitrogens is 2. The average Bonchev–Trinajstić information content (AvgIpc) is 3.41. The van der Waals surface area contributed by atoms with Crippen molar-refractivity contribution in [1.82, 2.24) is 15.1 Å². The fourth-order valence-corrected chi connectivity index (χ4v) is 3.66. The first-order valence-corrected chi connectivity index (χ1v) is 9.99. The van der Waals surface area contributed by atoms with Crippen LogP contribution in [0.15, 0.2) is 48.5 Å². The molecule has 0 radical (unpaired) electrons. The zero-order valence-electron chi connectivity index (χ0n) is 17.3. The number of amides is 2. The molecule has 9 heteroatoms. The van der Waals surface area contributed by atoms with E-state index in [1.165, 1.54) is 25.3 Å². The lowest BCUT2D eigenvalue weighted by Crippen LogP contribution is -2.34. The van der Waals surface area contributed by atoms with Gasteiger partial charge < -0.3 is 9.47 Å². The molecule has 2 amide bonds. The molecule has 8 nitrogen and oxygen atoms in total. The molecule has 1 N–H and O–H groups in total. The van der Waals surface area contributed by atoms with Crippen molar-refractivity contribution < 1.29 is 28.2 Å². The first kappa shape index (κ1) is 21.2. The third-order valence-corrected chi connectivity index (χ3v) is 5.13. The van der Waals surface area contributed by atoms with Crippen LogP contribution in [-0.4, -0.2) is 41.3 Å². The number of para-hydroxylation sites is 1. The largest absolute Gasteiger partial charge is 0.496 e. The van der Waals surface area contributed by atoms with Crippen molar-refractivity contribution in [1.29, 1.82) is 0 Å². The number of methoxy groups -OCH3 is 1. The molecular formula is C23H20FN3O5. The smallest absolute Gasteiger partial charge is 0.359 e. The Kier molecular flexibility index (Phi) is 5.98. The monoisotopic (exact) mass is 437 g/mol. The van der Waals surface area contributed by atoms with Gasteiger partial charge in [0.2, 0.25) is 0 Å². The maximum atomic E-state index is 13.3. The van der Waals surface area contributed by atoms with Crippen LogP contribution < -0.4 is 10.1 Å². The van der Waals surface area contributed by atoms with Crippen molar-refractivity contribution in [2.75, 3.05) is 13.7 Å². The van der Waals surface area contributed by atoms with E-state index < -0.39 is 24.4 Å². The molecule has 0 atom stereocenters. The molecule has 3 aromatic rings. The van der Waals surface area contributed by atoms with Crippen LogP contribution in [-0.2, 0) is 22.4 Å². The van der Waals surface area contributed by atoms with E-state index in [9.17, 15) is 18.8 Å². The van der Waals surface area contributed by atoms with E-state index in [2.05, 4.69) is 10.4 Å². The Morgan fingerprint density at radius 3 is 2.59 bits per heavy atom. The number of fused-ring (bicyclic) bond motifs is 1. The quantitative estimate of drug-likeness (QED) is 0.595. The Balaban J connectivity index is 1.43. The molecule has 0 spiro atoms. The Bertz CT molecular complexity index is 1190. The maximum absolute atomic E-state index is 13.3. The SMILES string of the molecule is COc1ccccc1C(=O)NC(=O)COC(=O)c1nn(-c2ccc(F)cc2)c2c1CCC2. The summed E-state index contributed by atoms with van der Waals surface area (Å²) in [6, 6.07) is 12.2. The van der Waals surface area contributed by atoms with Gasteiger partial charge in [-0.1, -0.05) is 12.1 Å². The van der Waals surface area contributed by atoms with Crippen LogP contribution in [0.25, 0.3) is 5.69 Å². The van der Waals surface area contributed by atoms with E-state index in [0.29, 0.717) is 17.9 Å². The Hall–Kier alpha value is -4.01. The van der Waals surface area contributed by atoms with E-state index in [1.54, 1.807) is 35.0 Å². The molecule has 1 heterocycles. The number of rotatable bonds is 6. The van der Waals surface area contributed by atoms with Crippen LogP contribution in [0.2, 0.25) is 0 Å². The zero-order chi connectivity index (χ0) is 22.7. The topological polar surface area (TPSA) is 99.5 Å². The van der Waals surface area contributed by atoms with Gasteiger partial charge in [-0.05, 0) is 55.7 Å². The molecular weight excluding hydrogens is 417 g/mol. The molecule has 0 fully saturated rings. The van der Waals surface area contributed by atoms with E-state index >= 15 is 0 Å². The number of hydrogen-bond acceptors (Lipinski definition) is 6. The van der Waals surface area contributed by atoms with Crippen molar-refractivity contribution in [3.05, 3.63) is 76.9 Å². The zero-order valence-corrected chi connectivity index (χ0v) is 17.3. The van der Waals surface area contributed by atoms with Crippen molar-refractivity contribution in [2.45, 2.75) is 19.3 Å². The molecule has 1 aliphatic rings. The van der Waals surface area contributed by atoms with Gasteiger partial charge in [0.05, 0.1) is 18.4 Å². The van der Waals surface area contributed by atoms with Crippen LogP contribution in [0.1, 0.15) is 38.5 Å². The number of ether oxygens (including phenoxy) is 2. The van der Waals surface area contributed by atoms with Crippen LogP contribution in [0.3, 0.4) is 0 Å². The van der Waals surface area contributed by atoms with E-state index in [4.69, 9.17) is 9.47 Å². The lowest BCUT2D eigenvalue weighted by Gasteiger charge is -2.08. The van der Waals surface area contributed by atoms with Gasteiger partial charge in [0.15, 0.2) is 12.3 Å². The number of carbonyl (C=O) groups excluding carboxylic acids is 3. The number of halogens is 1. The Labute approximate surface area is 182 Å². The third kappa shape index (κ3) is 4.22. The number of imide groups is 1. The van der Waals surface area contributed by atoms with Gasteiger partial charge in [0, 0.05) is 11.3 Å². The molecule has 164 valence electrons. The summed E-state index contributed by atoms with van der Waals surface area (Å²) in [6.07, 6.45) is 2.23. The van der Waals surface area contributed by atoms with Gasteiger partial charge in [0.25, 0.3) is 11.8 Å². The molecule has 4 rings (SSSR count). The Morgan fingerprint density at radius 1 is 1.09 bits per heavy atom. The highest BCUT2D eigenvalue weighted by Crippen LogP contribution is 2.28. The Morgan fingerprint density at radius 2 is 1.84 bits per heavy atom. The van der Waals surface area contributed by atoms with Crippen LogP contribution in [0.4, 0.5) is 4.39 Å². The lowest BCUT2D eigenvalue weighted by atomic mass is 10.2. The normalized spacial score (nSPS) is 12.2. The highest BCUT2D eigenvalue weighted by molar-refractivity contribution is 6.07. The van der Waals surface area contributed by atoms with Crippen molar-refractivity contribution >= 4 is 17.8 Å². The first-order valence-electron chi connectivity index (χ1n) is 9.99. The van der Waals surface area contributed by atoms with Gasteiger partial charge in [-0.25, -0.2) is 13.9 Å². The summed E-state index contributed by atoms with van der Waals surface area (Å²) >= 11 is 0. The minimum Gasteiger partial charge on any atom is -0.496 e. The second-order valence-corrected chi connectivity index (χ2v) is 7.17. The summed E-state index contributed by atoms with van der Waals surface area (Å²) in [5.41, 5.74) is 2.55. The van der Waals surface area contributed by atoms with Gasteiger partial charge in [-0.15, -0.1) is 0 Å². The van der Waals surface area contributed by atoms with Gasteiger partial charge >= 0.3 is 5.97 Å². The van der Waals surface area contributed by atoms with Crippen LogP contribution in [0.5, 0.6) is 5.75 Å². The standard InChI is InChI=1S/C23H20FN3O5/c1-31-19-8-3-2-5-17(19)22(29)25-20(28)13-32-23(30)21-16-6-4-7-18(16)27(26-21)15-11-9-14(24)10-12-15/h2-3,5,8-12H,4,6-7,13H2,1H3,(H,25,28,29). The van der Waals surface area contributed by atoms with Crippen LogP contribution >= 0.6 is 0 Å². The summed E-state index contributed by atoms with van der Waals surface area (Å²) < 4.78 is 25.1. The van der Waals surface area contributed by atoms with E-state index in [0.717, 1.165) is 24.1 Å². The van der Waals surface area contributed by atoms with E-state index in [1.807, 2.05) is 0 Å². The second-order valence-electron chi connectivity index (χ2n) is 7.17. The van der Waals surface area contributed by atoms with Gasteiger partial charge in [-0.3, -0.25) is 14.9 Å². The van der Waals surface area contributed by atoms with Crippen molar-refractivity contribution in [2.24, 2.45) is 0 Å². The highest BCUT2D eigenvalue weighted by Gasteiger charge is 2.28. The summed E-state index contributed by atoms with van der Waals surface area (Å²) in [5.74, 6) is -2.25. The number of hydrogen-bond donors (Lipinski definition) is 1. The minimum atomic E-state index is -0.774. The lowest BCUT2D eigenvalue weighted by molar-refractivity contribution is -0.123. The average molecular weight is 437 g/mol. The predicted molar refractivity (Wildman–Crippen MR) is 111 cm³/mol. The second kappa shape index (κ2) is 9.01. The summed E-state index contributed by atoms with van der Waals surface area (Å²) in [4.78, 5) is 37.1. The fourth-order valence-electron chi connectivity index (χ4n) is 3.66. The molecule has 0 aliphatic heterocycles. The number of nitrogens with zero attached hydrogens (tertiary/aromatic N) is 2. The highest BCUT2D eigenvalue weighted by atomic mass is 19.1. The maximum Gasteiger partial charge on any atom is 0.359 e. The fraction of sp³-hybridized carbons (Fsp3) is 0.217. The number of carbonyl (C=O) groups is 3. The van der Waals surface area contributed by atoms with Gasteiger partial charge in [0.1, 0.15) is 11.6 Å². The van der Waals surface area contributed by atoms with Crippen molar-refractivity contribution in [3.63, 3.8) is 0 Å². The number of benzene rings is 2. The molecule has 0 saturated heterocycles. The third-order valence-electron chi connectivity index (χ3n) is 5.13. The molecule has 0 bridgehead atoms. The summed E-state index contributed by atoms with van der Waals surface area (Å²) in [5, 5.41) is 6.52. The molecule has 32 heavy (non-hydrogen) atoms. The van der Waals surface area contributed by atoms with Gasteiger partial charge in [-0.2, -0.15) is 5.10 Å². The minimum absolute atomic E-state index is 0.116. The molecule has 0 unspecified atom stereocenters. The molecule has 1 aliphatic carbocycles. The van der Waals surface area contributed by atoms with Crippen molar-refractivity contribution in [3.8, 4) is 11.4 Å². The summed E-state index contributed by atoms with van der Waals surface area (Å²) in [6.45, 7) is -0.641. The number of esters is 1. The van der Waals surface area contributed by atoms with E-state index in [-0.39, 0.29) is 17.1 Å². The predicted octanol–water partition coefficient (Wildman–Crippen LogP) is 2.62. The first-order chi connectivity index (χ1) is 15.5. The molecule has 2 aromatic carbocycles. The number of nitrogens with one attached hydrogen (secondary N) is 1. The van der Waals surface area contributed by atoms with Crippen LogP contribution in [0, 0.1) is 5.82 Å². The molecule has 1 aromatic heterocycles.